The summed E-state index contributed by atoms with van der Waals surface area (Å²) >= 11 is 0. The Morgan fingerprint density at radius 1 is 0.964 bits per heavy atom. The van der Waals surface area contributed by atoms with E-state index in [1.54, 1.807) is 26.4 Å². The molecule has 0 bridgehead atoms. The van der Waals surface area contributed by atoms with Crippen LogP contribution >= 0.6 is 0 Å². The second-order valence-corrected chi connectivity index (χ2v) is 6.04. The fourth-order valence-corrected chi connectivity index (χ4v) is 2.75. The van der Waals surface area contributed by atoms with Crippen molar-refractivity contribution in [3.63, 3.8) is 0 Å². The van der Waals surface area contributed by atoms with E-state index >= 15 is 0 Å². The predicted octanol–water partition coefficient (Wildman–Crippen LogP) is 3.09. The summed E-state index contributed by atoms with van der Waals surface area (Å²) < 4.78 is 29.2. The van der Waals surface area contributed by atoms with Crippen LogP contribution < -0.4 is 9.47 Å². The molecular weight excluding hydrogens is 365 g/mol. The number of rotatable bonds is 9. The maximum absolute atomic E-state index is 14.0. The van der Waals surface area contributed by atoms with E-state index in [1.807, 2.05) is 12.1 Å². The van der Waals surface area contributed by atoms with Crippen LogP contribution in [0, 0.1) is 5.82 Å². The van der Waals surface area contributed by atoms with Crippen LogP contribution in [0.2, 0.25) is 0 Å². The molecule has 150 valence electrons. The van der Waals surface area contributed by atoms with Crippen molar-refractivity contribution in [3.8, 4) is 11.5 Å². The molecule has 0 aliphatic heterocycles. The van der Waals surface area contributed by atoms with Crippen molar-refractivity contribution in [2.45, 2.75) is 12.8 Å². The molecule has 0 fully saturated rings. The molecule has 0 aliphatic rings. The van der Waals surface area contributed by atoms with E-state index in [2.05, 4.69) is 4.74 Å². The summed E-state index contributed by atoms with van der Waals surface area (Å²) in [6.07, 6.45) is 0.532. The highest BCUT2D eigenvalue weighted by molar-refractivity contribution is 5.94. The number of benzene rings is 2. The first-order valence-electron chi connectivity index (χ1n) is 8.81. The number of carbonyl (C=O) groups excluding carboxylic acids is 2. The van der Waals surface area contributed by atoms with Crippen LogP contribution in [0.25, 0.3) is 0 Å². The molecule has 7 heteroatoms. The molecule has 0 saturated carbocycles. The SMILES string of the molecule is COC(=O)CCN(CCc1ccc(OC)c(OC)c1)C(=O)c1ccccc1F. The van der Waals surface area contributed by atoms with Gasteiger partial charge in [-0.25, -0.2) is 4.39 Å². The summed E-state index contributed by atoms with van der Waals surface area (Å²) in [5, 5.41) is 0. The largest absolute Gasteiger partial charge is 0.493 e. The van der Waals surface area contributed by atoms with E-state index in [0.717, 1.165) is 5.56 Å². The zero-order valence-corrected chi connectivity index (χ0v) is 16.2. The van der Waals surface area contributed by atoms with Crippen LogP contribution in [-0.2, 0) is 16.0 Å². The Balaban J connectivity index is 2.16. The molecule has 0 spiro atoms. The van der Waals surface area contributed by atoms with Crippen LogP contribution in [0.5, 0.6) is 11.5 Å². The van der Waals surface area contributed by atoms with E-state index in [0.29, 0.717) is 24.5 Å². The van der Waals surface area contributed by atoms with Gasteiger partial charge in [-0.3, -0.25) is 9.59 Å². The third-order valence-corrected chi connectivity index (χ3v) is 4.32. The molecule has 0 unspecified atom stereocenters. The summed E-state index contributed by atoms with van der Waals surface area (Å²) in [6, 6.07) is 11.3. The maximum Gasteiger partial charge on any atom is 0.307 e. The minimum absolute atomic E-state index is 0.0281. The second kappa shape index (κ2) is 10.3. The normalized spacial score (nSPS) is 10.3. The van der Waals surface area contributed by atoms with Gasteiger partial charge in [0.05, 0.1) is 33.3 Å². The highest BCUT2D eigenvalue weighted by Crippen LogP contribution is 2.27. The fourth-order valence-electron chi connectivity index (χ4n) is 2.75. The molecule has 0 N–H and O–H groups in total. The van der Waals surface area contributed by atoms with Gasteiger partial charge in [-0.05, 0) is 36.2 Å². The van der Waals surface area contributed by atoms with E-state index in [4.69, 9.17) is 9.47 Å². The smallest absolute Gasteiger partial charge is 0.307 e. The molecule has 0 saturated heterocycles. The van der Waals surface area contributed by atoms with Gasteiger partial charge in [0.1, 0.15) is 5.82 Å². The van der Waals surface area contributed by atoms with Gasteiger partial charge in [0.2, 0.25) is 0 Å². The standard InChI is InChI=1S/C21H24FNO5/c1-26-18-9-8-15(14-19(18)27-2)10-12-23(13-11-20(24)28-3)21(25)16-6-4-5-7-17(16)22/h4-9,14H,10-13H2,1-3H3. The van der Waals surface area contributed by atoms with Gasteiger partial charge in [-0.15, -0.1) is 0 Å². The van der Waals surface area contributed by atoms with Crippen LogP contribution in [0.15, 0.2) is 42.5 Å². The molecule has 0 heterocycles. The first kappa shape index (κ1) is 21.2. The molecule has 1 amide bonds. The van der Waals surface area contributed by atoms with Crippen molar-refractivity contribution >= 4 is 11.9 Å². The Morgan fingerprint density at radius 3 is 2.32 bits per heavy atom. The number of hydrogen-bond donors (Lipinski definition) is 0. The summed E-state index contributed by atoms with van der Waals surface area (Å²) in [4.78, 5) is 25.8. The lowest BCUT2D eigenvalue weighted by atomic mass is 10.1. The van der Waals surface area contributed by atoms with E-state index in [1.165, 1.54) is 30.2 Å². The van der Waals surface area contributed by atoms with Gasteiger partial charge in [0, 0.05) is 13.1 Å². The Hall–Kier alpha value is -3.09. The summed E-state index contributed by atoms with van der Waals surface area (Å²) in [7, 11) is 4.39. The predicted molar refractivity (Wildman–Crippen MR) is 102 cm³/mol. The Labute approximate surface area is 163 Å². The van der Waals surface area contributed by atoms with Crippen molar-refractivity contribution in [1.82, 2.24) is 4.90 Å². The second-order valence-electron chi connectivity index (χ2n) is 6.04. The summed E-state index contributed by atoms with van der Waals surface area (Å²) in [6.45, 7) is 0.437. The summed E-state index contributed by atoms with van der Waals surface area (Å²) in [5.41, 5.74) is 0.890. The third-order valence-electron chi connectivity index (χ3n) is 4.32. The first-order chi connectivity index (χ1) is 13.5. The Morgan fingerprint density at radius 2 is 1.68 bits per heavy atom. The molecule has 2 rings (SSSR count). The van der Waals surface area contributed by atoms with Crippen molar-refractivity contribution < 1.29 is 28.2 Å². The number of nitrogens with zero attached hydrogens (tertiary/aromatic N) is 1. The topological polar surface area (TPSA) is 65.1 Å². The molecule has 2 aromatic carbocycles. The lowest BCUT2D eigenvalue weighted by Crippen LogP contribution is -2.35. The van der Waals surface area contributed by atoms with E-state index in [9.17, 15) is 14.0 Å². The minimum Gasteiger partial charge on any atom is -0.493 e. The Kier molecular flexibility index (Phi) is 7.80. The molecular formula is C21H24FNO5. The van der Waals surface area contributed by atoms with Crippen LogP contribution in [0.3, 0.4) is 0 Å². The summed E-state index contributed by atoms with van der Waals surface area (Å²) in [5.74, 6) is -0.306. The zero-order chi connectivity index (χ0) is 20.5. The van der Waals surface area contributed by atoms with Gasteiger partial charge < -0.3 is 19.1 Å². The van der Waals surface area contributed by atoms with Crippen molar-refractivity contribution in [1.29, 1.82) is 0 Å². The third kappa shape index (κ3) is 5.45. The molecule has 0 radical (unpaired) electrons. The van der Waals surface area contributed by atoms with Gasteiger partial charge in [0.25, 0.3) is 5.91 Å². The van der Waals surface area contributed by atoms with Crippen molar-refractivity contribution in [2.75, 3.05) is 34.4 Å². The number of methoxy groups -OCH3 is 3. The lowest BCUT2D eigenvalue weighted by molar-refractivity contribution is -0.140. The number of ether oxygens (including phenoxy) is 3. The van der Waals surface area contributed by atoms with Crippen LogP contribution in [-0.4, -0.2) is 51.2 Å². The zero-order valence-electron chi connectivity index (χ0n) is 16.2. The number of amides is 1. The number of carbonyl (C=O) groups is 2. The molecule has 2 aromatic rings. The molecule has 0 aromatic heterocycles. The van der Waals surface area contributed by atoms with Crippen molar-refractivity contribution in [2.24, 2.45) is 0 Å². The average Bonchev–Trinajstić information content (AvgIpc) is 2.73. The highest BCUT2D eigenvalue weighted by Gasteiger charge is 2.20. The number of halogens is 1. The first-order valence-corrected chi connectivity index (χ1v) is 8.81. The lowest BCUT2D eigenvalue weighted by Gasteiger charge is -2.23. The van der Waals surface area contributed by atoms with Gasteiger partial charge in [-0.1, -0.05) is 18.2 Å². The van der Waals surface area contributed by atoms with Gasteiger partial charge >= 0.3 is 5.97 Å². The minimum atomic E-state index is -0.596. The molecule has 6 nitrogen and oxygen atoms in total. The molecule has 0 atom stereocenters. The molecule has 28 heavy (non-hydrogen) atoms. The molecule has 0 aliphatic carbocycles. The van der Waals surface area contributed by atoms with Gasteiger partial charge in [0.15, 0.2) is 11.5 Å². The van der Waals surface area contributed by atoms with Crippen LogP contribution in [0.1, 0.15) is 22.3 Å². The quantitative estimate of drug-likeness (QED) is 0.617. The van der Waals surface area contributed by atoms with Crippen molar-refractivity contribution in [3.05, 3.63) is 59.4 Å². The highest BCUT2D eigenvalue weighted by atomic mass is 19.1. The maximum atomic E-state index is 14.0. The van der Waals surface area contributed by atoms with E-state index in [-0.39, 0.29) is 18.5 Å². The van der Waals surface area contributed by atoms with E-state index < -0.39 is 17.7 Å². The monoisotopic (exact) mass is 389 g/mol. The Bertz CT molecular complexity index is 824. The fraction of sp³-hybridized carbons (Fsp3) is 0.333. The van der Waals surface area contributed by atoms with Crippen LogP contribution in [0.4, 0.5) is 4.39 Å². The number of esters is 1. The van der Waals surface area contributed by atoms with Gasteiger partial charge in [-0.2, -0.15) is 0 Å². The average molecular weight is 389 g/mol. The number of hydrogen-bond acceptors (Lipinski definition) is 5.